The van der Waals surface area contributed by atoms with Gasteiger partial charge >= 0.3 is 6.03 Å². The number of carbonyl (C=O) groups is 2. The predicted molar refractivity (Wildman–Crippen MR) is 141 cm³/mol. The minimum Gasteiger partial charge on any atom is -0.378 e. The fourth-order valence-corrected chi connectivity index (χ4v) is 4.04. The third kappa shape index (κ3) is 5.55. The van der Waals surface area contributed by atoms with Crippen molar-refractivity contribution >= 4 is 35.4 Å². The first-order valence-electron chi connectivity index (χ1n) is 11.8. The molecular weight excluding hydrogens is 458 g/mol. The van der Waals surface area contributed by atoms with Crippen LogP contribution in [0.3, 0.4) is 0 Å². The first-order chi connectivity index (χ1) is 17.4. The first-order valence-corrected chi connectivity index (χ1v) is 11.8. The molecule has 1 saturated heterocycles. The zero-order chi connectivity index (χ0) is 25.7. The van der Waals surface area contributed by atoms with Gasteiger partial charge in [-0.2, -0.15) is 5.10 Å². The Morgan fingerprint density at radius 1 is 1.08 bits per heavy atom. The number of hydrogen-bond acceptors (Lipinski definition) is 6. The van der Waals surface area contributed by atoms with E-state index < -0.39 is 5.91 Å². The van der Waals surface area contributed by atoms with E-state index in [1.54, 1.807) is 24.2 Å². The highest BCUT2D eigenvalue weighted by molar-refractivity contribution is 6.26. The van der Waals surface area contributed by atoms with E-state index in [-0.39, 0.29) is 12.1 Å². The first kappa shape index (κ1) is 24.9. The summed E-state index contributed by atoms with van der Waals surface area (Å²) in [6.45, 7) is 7.06. The molecule has 2 aromatic rings. The molecule has 0 radical (unpaired) electrons. The van der Waals surface area contributed by atoms with Crippen LogP contribution >= 0.6 is 0 Å². The van der Waals surface area contributed by atoms with E-state index in [1.165, 1.54) is 0 Å². The molecule has 0 aromatic heterocycles. The van der Waals surface area contributed by atoms with Crippen LogP contribution in [0.5, 0.6) is 0 Å². The number of carbonyl (C=O) groups excluding carboxylic acids is 2. The normalized spacial score (nSPS) is 18.8. The van der Waals surface area contributed by atoms with E-state index in [0.717, 1.165) is 35.6 Å². The Morgan fingerprint density at radius 2 is 1.75 bits per heavy atom. The zero-order valence-corrected chi connectivity index (χ0v) is 20.7. The van der Waals surface area contributed by atoms with Crippen LogP contribution in [-0.4, -0.2) is 62.2 Å². The number of urea groups is 1. The molecule has 0 spiro atoms. The molecule has 10 heteroatoms. The predicted octanol–water partition coefficient (Wildman–Crippen LogP) is 3.11. The van der Waals surface area contributed by atoms with Crippen LogP contribution in [0.4, 0.5) is 16.2 Å². The van der Waals surface area contributed by atoms with Gasteiger partial charge in [-0.3, -0.25) is 9.79 Å². The maximum atomic E-state index is 11.6. The molecule has 4 N–H and O–H groups in total. The standard InChI is InChI=1S/C26H31N7O3/c1-17(19-4-8-21(9-5-19)31-26(35)28-3)30-25-23(18(2)32-12-14-36-15-13-32)16-29-33(25)22-10-6-20(7-11-22)24(27)34/h4-11,16-17H,12-15H2,1-3H3,(H2,27,34)(H2,28,31,35)/b23-18+,30-25?. The van der Waals surface area contributed by atoms with Crippen molar-refractivity contribution in [3.63, 3.8) is 0 Å². The molecule has 1 fully saturated rings. The van der Waals surface area contributed by atoms with Crippen molar-refractivity contribution in [1.82, 2.24) is 10.2 Å². The molecule has 10 nitrogen and oxygen atoms in total. The van der Waals surface area contributed by atoms with Crippen LogP contribution in [-0.2, 0) is 4.74 Å². The highest BCUT2D eigenvalue weighted by atomic mass is 16.5. The van der Waals surface area contributed by atoms with Crippen molar-refractivity contribution in [1.29, 1.82) is 0 Å². The Kier molecular flexibility index (Phi) is 7.65. The van der Waals surface area contributed by atoms with Crippen molar-refractivity contribution < 1.29 is 14.3 Å². The number of morpholine rings is 1. The second-order valence-electron chi connectivity index (χ2n) is 8.52. The van der Waals surface area contributed by atoms with Gasteiger partial charge in [-0.25, -0.2) is 9.80 Å². The van der Waals surface area contributed by atoms with Gasteiger partial charge < -0.3 is 26.0 Å². The van der Waals surface area contributed by atoms with Gasteiger partial charge in [0.15, 0.2) is 5.84 Å². The van der Waals surface area contributed by atoms with Crippen LogP contribution in [0.25, 0.3) is 0 Å². The number of nitrogens with one attached hydrogen (secondary N) is 2. The number of hydrazone groups is 1. The molecule has 1 atom stereocenters. The number of allylic oxidation sites excluding steroid dienone is 1. The average Bonchev–Trinajstić information content (AvgIpc) is 3.32. The smallest absolute Gasteiger partial charge is 0.318 e. The third-order valence-corrected chi connectivity index (χ3v) is 6.21. The van der Waals surface area contributed by atoms with Gasteiger partial charge in [-0.1, -0.05) is 12.1 Å². The van der Waals surface area contributed by atoms with Gasteiger partial charge in [0, 0.05) is 37.1 Å². The summed E-state index contributed by atoms with van der Waals surface area (Å²) in [5.41, 5.74) is 10.3. The Hall–Kier alpha value is -4.18. The number of aliphatic imine (C=N–C) groups is 1. The number of nitrogens with two attached hydrogens (primary N) is 1. The van der Waals surface area contributed by atoms with E-state index in [1.807, 2.05) is 49.5 Å². The average molecular weight is 490 g/mol. The molecule has 4 rings (SSSR count). The largest absolute Gasteiger partial charge is 0.378 e. The number of hydrogen-bond donors (Lipinski definition) is 3. The van der Waals surface area contributed by atoms with Gasteiger partial charge in [0.1, 0.15) is 0 Å². The van der Waals surface area contributed by atoms with Crippen molar-refractivity contribution in [2.45, 2.75) is 19.9 Å². The monoisotopic (exact) mass is 489 g/mol. The molecule has 3 amide bonds. The van der Waals surface area contributed by atoms with E-state index in [9.17, 15) is 9.59 Å². The van der Waals surface area contributed by atoms with Crippen LogP contribution in [0.2, 0.25) is 0 Å². The van der Waals surface area contributed by atoms with Crippen molar-refractivity contribution in [3.05, 3.63) is 70.9 Å². The fraction of sp³-hybridized carbons (Fsp3) is 0.308. The molecule has 36 heavy (non-hydrogen) atoms. The number of amides is 3. The summed E-state index contributed by atoms with van der Waals surface area (Å²) in [5.74, 6) is 0.234. The maximum Gasteiger partial charge on any atom is 0.318 e. The van der Waals surface area contributed by atoms with Crippen molar-refractivity contribution in [3.8, 4) is 0 Å². The molecule has 2 aliphatic heterocycles. The van der Waals surface area contributed by atoms with Gasteiger partial charge in [-0.15, -0.1) is 0 Å². The lowest BCUT2D eigenvalue weighted by Crippen LogP contribution is -2.36. The van der Waals surface area contributed by atoms with Gasteiger partial charge in [-0.05, 0) is 55.8 Å². The molecule has 2 aromatic carbocycles. The Morgan fingerprint density at radius 3 is 2.36 bits per heavy atom. The SMILES string of the molecule is CNC(=O)Nc1ccc(C(C)N=C2/C(=C(\C)N3CCOCC3)C=NN2c2ccc(C(N)=O)cc2)cc1. The Labute approximate surface area is 210 Å². The lowest BCUT2D eigenvalue weighted by Gasteiger charge is -2.30. The lowest BCUT2D eigenvalue weighted by molar-refractivity contribution is 0.0536. The number of nitrogens with zero attached hydrogens (tertiary/aromatic N) is 4. The summed E-state index contributed by atoms with van der Waals surface area (Å²) in [7, 11) is 1.57. The number of amidine groups is 1. The summed E-state index contributed by atoms with van der Waals surface area (Å²) >= 11 is 0. The highest BCUT2D eigenvalue weighted by Crippen LogP contribution is 2.28. The number of rotatable bonds is 6. The minimum absolute atomic E-state index is 0.185. The van der Waals surface area contributed by atoms with E-state index in [2.05, 4.69) is 27.6 Å². The lowest BCUT2D eigenvalue weighted by atomic mass is 10.1. The maximum absolute atomic E-state index is 11.6. The number of primary amides is 1. The summed E-state index contributed by atoms with van der Waals surface area (Å²) in [6.07, 6.45) is 1.83. The van der Waals surface area contributed by atoms with E-state index in [4.69, 9.17) is 15.5 Å². The molecule has 0 aliphatic carbocycles. The summed E-state index contributed by atoms with van der Waals surface area (Å²) in [5, 5.41) is 11.7. The Balaban J connectivity index is 1.67. The molecule has 188 valence electrons. The zero-order valence-electron chi connectivity index (χ0n) is 20.7. The molecule has 1 unspecified atom stereocenters. The molecule has 0 bridgehead atoms. The second kappa shape index (κ2) is 11.0. The van der Waals surface area contributed by atoms with Crippen LogP contribution in [0.1, 0.15) is 35.8 Å². The Bertz CT molecular complexity index is 1200. The van der Waals surface area contributed by atoms with E-state index >= 15 is 0 Å². The highest BCUT2D eigenvalue weighted by Gasteiger charge is 2.27. The van der Waals surface area contributed by atoms with Crippen molar-refractivity contribution in [2.75, 3.05) is 43.7 Å². The van der Waals surface area contributed by atoms with E-state index in [0.29, 0.717) is 30.3 Å². The fourth-order valence-electron chi connectivity index (χ4n) is 4.04. The number of ether oxygens (including phenoxy) is 1. The van der Waals surface area contributed by atoms with Gasteiger partial charge in [0.05, 0.1) is 36.7 Å². The summed E-state index contributed by atoms with van der Waals surface area (Å²) < 4.78 is 5.52. The van der Waals surface area contributed by atoms with Crippen LogP contribution in [0.15, 0.2) is 69.9 Å². The molecule has 2 aliphatic rings. The second-order valence-corrected chi connectivity index (χ2v) is 8.52. The van der Waals surface area contributed by atoms with Crippen molar-refractivity contribution in [2.24, 2.45) is 15.8 Å². The summed E-state index contributed by atoms with van der Waals surface area (Å²) in [6, 6.07) is 14.1. The quantitative estimate of drug-likeness (QED) is 0.575. The molecule has 0 saturated carbocycles. The topological polar surface area (TPSA) is 125 Å². The number of anilines is 2. The van der Waals surface area contributed by atoms with Gasteiger partial charge in [0.2, 0.25) is 5.91 Å². The molecular formula is C26H31N7O3. The molecule has 2 heterocycles. The third-order valence-electron chi connectivity index (χ3n) is 6.21. The summed E-state index contributed by atoms with van der Waals surface area (Å²) in [4.78, 5) is 30.5. The van der Waals surface area contributed by atoms with Crippen LogP contribution in [0, 0.1) is 0 Å². The number of benzene rings is 2. The van der Waals surface area contributed by atoms with Crippen LogP contribution < -0.4 is 21.4 Å². The minimum atomic E-state index is -0.480. The van der Waals surface area contributed by atoms with Gasteiger partial charge in [0.25, 0.3) is 0 Å².